The van der Waals surface area contributed by atoms with Gasteiger partial charge in [-0.1, -0.05) is 20.8 Å². The second-order valence-electron chi connectivity index (χ2n) is 4.34. The molecule has 64 valence electrons. The largest absolute Gasteiger partial charge is 0.269 e. The van der Waals surface area contributed by atoms with E-state index in [-0.39, 0.29) is 5.41 Å². The Labute approximate surface area is 66.3 Å². The Kier molecular flexibility index (Phi) is 2.04. The fourth-order valence-electron chi connectivity index (χ4n) is 1.30. The van der Waals surface area contributed by atoms with Crippen LogP contribution in [0.3, 0.4) is 0 Å². The summed E-state index contributed by atoms with van der Waals surface area (Å²) in [6, 6.07) is 0. The molecule has 0 aliphatic heterocycles. The van der Waals surface area contributed by atoms with Crippen molar-refractivity contribution < 1.29 is 8.78 Å². The third-order valence-corrected chi connectivity index (χ3v) is 2.48. The van der Waals surface area contributed by atoms with E-state index < -0.39 is 6.08 Å². The van der Waals surface area contributed by atoms with Gasteiger partial charge >= 0.3 is 0 Å². The molecule has 0 heterocycles. The zero-order valence-electron chi connectivity index (χ0n) is 7.25. The summed E-state index contributed by atoms with van der Waals surface area (Å²) in [5, 5.41) is 0. The van der Waals surface area contributed by atoms with Crippen molar-refractivity contribution in [1.82, 2.24) is 0 Å². The maximum atomic E-state index is 11.9. The van der Waals surface area contributed by atoms with Crippen LogP contribution in [0.2, 0.25) is 0 Å². The van der Waals surface area contributed by atoms with Crippen LogP contribution in [0.1, 0.15) is 33.6 Å². The number of hydrogen-bond acceptors (Lipinski definition) is 0. The Balaban J connectivity index is 2.48. The van der Waals surface area contributed by atoms with Gasteiger partial charge in [0.05, 0.1) is 0 Å². The summed E-state index contributed by atoms with van der Waals surface area (Å²) in [5.41, 5.74) is 0.559. The van der Waals surface area contributed by atoms with Crippen LogP contribution in [0.5, 0.6) is 0 Å². The summed E-state index contributed by atoms with van der Waals surface area (Å²) in [6.07, 6.45) is -0.247. The van der Waals surface area contributed by atoms with E-state index in [9.17, 15) is 8.78 Å². The third-order valence-electron chi connectivity index (χ3n) is 2.48. The molecule has 1 saturated carbocycles. The van der Waals surface area contributed by atoms with Gasteiger partial charge in [0.15, 0.2) is 0 Å². The minimum Gasteiger partial charge on any atom is -0.173 e. The lowest BCUT2D eigenvalue weighted by atomic mass is 9.66. The van der Waals surface area contributed by atoms with Crippen molar-refractivity contribution >= 4 is 0 Å². The molecule has 0 saturated heterocycles. The molecule has 2 heteroatoms. The third kappa shape index (κ3) is 1.79. The van der Waals surface area contributed by atoms with Crippen molar-refractivity contribution in [2.24, 2.45) is 11.3 Å². The molecule has 1 aliphatic carbocycles. The highest BCUT2D eigenvalue weighted by atomic mass is 19.3. The fraction of sp³-hybridized carbons (Fsp3) is 0.778. The first kappa shape index (κ1) is 8.69. The summed E-state index contributed by atoms with van der Waals surface area (Å²) in [7, 11) is 0. The van der Waals surface area contributed by atoms with Crippen LogP contribution in [0.4, 0.5) is 8.78 Å². The SMILES string of the molecule is CC(C)(C)C1CC(=C(F)F)C1. The first-order chi connectivity index (χ1) is 4.91. The number of hydrogen-bond donors (Lipinski definition) is 0. The van der Waals surface area contributed by atoms with E-state index in [2.05, 4.69) is 20.8 Å². The van der Waals surface area contributed by atoms with Crippen LogP contribution < -0.4 is 0 Å². The molecule has 1 fully saturated rings. The number of allylic oxidation sites excluding steroid dienone is 1. The highest BCUT2D eigenvalue weighted by Crippen LogP contribution is 2.46. The maximum absolute atomic E-state index is 11.9. The zero-order chi connectivity index (χ0) is 8.65. The summed E-state index contributed by atoms with van der Waals surface area (Å²) >= 11 is 0. The molecule has 1 rings (SSSR count). The normalized spacial score (nSPS) is 24.8. The summed E-state index contributed by atoms with van der Waals surface area (Å²) in [5.74, 6) is 0.457. The van der Waals surface area contributed by atoms with E-state index in [1.165, 1.54) is 0 Å². The molecule has 0 spiro atoms. The minimum atomic E-state index is -1.45. The molecule has 0 amide bonds. The summed E-state index contributed by atoms with van der Waals surface area (Å²) < 4.78 is 23.8. The van der Waals surface area contributed by atoms with Gasteiger partial charge in [0.2, 0.25) is 0 Å². The van der Waals surface area contributed by atoms with Gasteiger partial charge in [-0.25, -0.2) is 0 Å². The summed E-state index contributed by atoms with van der Waals surface area (Å²) in [4.78, 5) is 0. The first-order valence-corrected chi connectivity index (χ1v) is 3.94. The van der Waals surface area contributed by atoms with Crippen LogP contribution in [0, 0.1) is 11.3 Å². The van der Waals surface area contributed by atoms with Gasteiger partial charge in [-0.2, -0.15) is 8.78 Å². The van der Waals surface area contributed by atoms with Gasteiger partial charge in [-0.15, -0.1) is 0 Å². The molecule has 0 radical (unpaired) electrons. The molecule has 0 aromatic carbocycles. The molecular weight excluding hydrogens is 146 g/mol. The Bertz CT molecular complexity index is 174. The van der Waals surface area contributed by atoms with Crippen molar-refractivity contribution in [3.63, 3.8) is 0 Å². The van der Waals surface area contributed by atoms with Crippen LogP contribution in [0.15, 0.2) is 11.7 Å². The van der Waals surface area contributed by atoms with Gasteiger partial charge in [-0.3, -0.25) is 0 Å². The smallest absolute Gasteiger partial charge is 0.173 e. The zero-order valence-corrected chi connectivity index (χ0v) is 7.25. The highest BCUT2D eigenvalue weighted by Gasteiger charge is 2.35. The molecule has 11 heavy (non-hydrogen) atoms. The van der Waals surface area contributed by atoms with Gasteiger partial charge in [-0.05, 0) is 29.7 Å². The second-order valence-corrected chi connectivity index (χ2v) is 4.34. The Morgan fingerprint density at radius 2 is 1.73 bits per heavy atom. The van der Waals surface area contributed by atoms with E-state index in [0.717, 1.165) is 0 Å². The average molecular weight is 160 g/mol. The Hall–Kier alpha value is -0.400. The molecule has 0 N–H and O–H groups in total. The molecule has 0 aromatic rings. The molecule has 1 aliphatic rings. The Morgan fingerprint density at radius 3 is 2.00 bits per heavy atom. The molecule has 0 atom stereocenters. The number of rotatable bonds is 0. The molecule has 0 nitrogen and oxygen atoms in total. The lowest BCUT2D eigenvalue weighted by Gasteiger charge is -2.39. The van der Waals surface area contributed by atoms with Crippen LogP contribution in [-0.4, -0.2) is 0 Å². The standard InChI is InChI=1S/C9H14F2/c1-9(2,3)7-4-6(5-7)8(10)11/h7H,4-5H2,1-3H3. The molecular formula is C9H14F2. The summed E-state index contributed by atoms with van der Waals surface area (Å²) in [6.45, 7) is 6.31. The quantitative estimate of drug-likeness (QED) is 0.508. The second kappa shape index (κ2) is 2.58. The topological polar surface area (TPSA) is 0 Å². The van der Waals surface area contributed by atoms with Gasteiger partial charge in [0.1, 0.15) is 0 Å². The molecule has 0 unspecified atom stereocenters. The fourth-order valence-corrected chi connectivity index (χ4v) is 1.30. The van der Waals surface area contributed by atoms with Crippen molar-refractivity contribution in [3.8, 4) is 0 Å². The number of halogens is 2. The molecule has 0 aromatic heterocycles. The van der Waals surface area contributed by atoms with Crippen LogP contribution in [-0.2, 0) is 0 Å². The van der Waals surface area contributed by atoms with Crippen molar-refractivity contribution in [1.29, 1.82) is 0 Å². The lowest BCUT2D eigenvalue weighted by Crippen LogP contribution is -2.28. The van der Waals surface area contributed by atoms with E-state index >= 15 is 0 Å². The van der Waals surface area contributed by atoms with E-state index in [0.29, 0.717) is 24.3 Å². The van der Waals surface area contributed by atoms with E-state index in [1.807, 2.05) is 0 Å². The van der Waals surface area contributed by atoms with Crippen molar-refractivity contribution in [2.75, 3.05) is 0 Å². The molecule has 0 bridgehead atoms. The van der Waals surface area contributed by atoms with Crippen molar-refractivity contribution in [3.05, 3.63) is 11.7 Å². The predicted octanol–water partition coefficient (Wildman–Crippen LogP) is 3.59. The van der Waals surface area contributed by atoms with Gasteiger partial charge in [0.25, 0.3) is 6.08 Å². The predicted molar refractivity (Wildman–Crippen MR) is 41.4 cm³/mol. The Morgan fingerprint density at radius 1 is 1.27 bits per heavy atom. The van der Waals surface area contributed by atoms with Crippen LogP contribution >= 0.6 is 0 Å². The highest BCUT2D eigenvalue weighted by molar-refractivity contribution is 5.15. The van der Waals surface area contributed by atoms with Crippen LogP contribution in [0.25, 0.3) is 0 Å². The lowest BCUT2D eigenvalue weighted by molar-refractivity contribution is 0.179. The van der Waals surface area contributed by atoms with Crippen molar-refractivity contribution in [2.45, 2.75) is 33.6 Å². The van der Waals surface area contributed by atoms with E-state index in [1.54, 1.807) is 0 Å². The van der Waals surface area contributed by atoms with Gasteiger partial charge in [0, 0.05) is 0 Å². The monoisotopic (exact) mass is 160 g/mol. The average Bonchev–Trinajstić information content (AvgIpc) is 1.51. The maximum Gasteiger partial charge on any atom is 0.269 e. The van der Waals surface area contributed by atoms with E-state index in [4.69, 9.17) is 0 Å². The minimum absolute atomic E-state index is 0.193. The van der Waals surface area contributed by atoms with Gasteiger partial charge < -0.3 is 0 Å². The first-order valence-electron chi connectivity index (χ1n) is 3.94.